The molecule has 6 heteroatoms. The van der Waals surface area contributed by atoms with Crippen LogP contribution in [0.15, 0.2) is 30.3 Å². The Kier molecular flexibility index (Phi) is 5.82. The maximum atomic E-state index is 9.06. The Morgan fingerprint density at radius 2 is 2.00 bits per heavy atom. The van der Waals surface area contributed by atoms with Crippen LogP contribution in [0.2, 0.25) is 5.15 Å². The topological polar surface area (TPSA) is 64.1 Å². The molecule has 104 valence electrons. The first-order valence-corrected chi connectivity index (χ1v) is 6.14. The van der Waals surface area contributed by atoms with E-state index >= 15 is 0 Å². The van der Waals surface area contributed by atoms with Gasteiger partial charge < -0.3 is 10.8 Å². The maximum absolute atomic E-state index is 9.06. The molecule has 4 nitrogen and oxygen atoms in total. The van der Waals surface area contributed by atoms with Crippen LogP contribution in [0.1, 0.15) is 5.56 Å². The number of nitrogens with zero attached hydrogens (tertiary/aromatic N) is 2. The van der Waals surface area contributed by atoms with Crippen LogP contribution in [0.5, 0.6) is 0 Å². The van der Waals surface area contributed by atoms with Crippen molar-refractivity contribution >= 4 is 24.0 Å². The van der Waals surface area contributed by atoms with Crippen LogP contribution in [0.3, 0.4) is 0 Å². The minimum atomic E-state index is -0.325. The number of aliphatic hydroxyl groups excluding tert-OH is 1. The van der Waals surface area contributed by atoms with Crippen molar-refractivity contribution in [1.82, 2.24) is 9.78 Å². The van der Waals surface area contributed by atoms with Gasteiger partial charge in [-0.15, -0.1) is 12.4 Å². The van der Waals surface area contributed by atoms with Crippen molar-refractivity contribution < 1.29 is 5.11 Å². The number of hydrogen-bond acceptors (Lipinski definition) is 3. The summed E-state index contributed by atoms with van der Waals surface area (Å²) in [7, 11) is 1.79. The Bertz CT molecular complexity index is 528. The van der Waals surface area contributed by atoms with Crippen molar-refractivity contribution in [3.63, 3.8) is 0 Å². The second-order valence-corrected chi connectivity index (χ2v) is 4.61. The molecule has 0 aliphatic rings. The quantitative estimate of drug-likeness (QED) is 0.908. The fourth-order valence-corrected chi connectivity index (χ4v) is 2.09. The summed E-state index contributed by atoms with van der Waals surface area (Å²) in [6.07, 6.45) is 0.507. The van der Waals surface area contributed by atoms with E-state index in [1.165, 1.54) is 0 Å². The lowest BCUT2D eigenvalue weighted by Crippen LogP contribution is -2.27. The van der Waals surface area contributed by atoms with E-state index in [0.717, 1.165) is 16.8 Å². The van der Waals surface area contributed by atoms with Crippen LogP contribution >= 0.6 is 24.0 Å². The highest BCUT2D eigenvalue weighted by atomic mass is 35.5. The third-order valence-corrected chi connectivity index (χ3v) is 3.29. The van der Waals surface area contributed by atoms with Crippen LogP contribution in [0, 0.1) is 0 Å². The first-order valence-electron chi connectivity index (χ1n) is 5.76. The monoisotopic (exact) mass is 301 g/mol. The van der Waals surface area contributed by atoms with Crippen LogP contribution in [-0.4, -0.2) is 27.5 Å². The Balaban J connectivity index is 0.00000180. The molecule has 19 heavy (non-hydrogen) atoms. The predicted molar refractivity (Wildman–Crippen MR) is 79.7 cm³/mol. The number of aliphatic hydroxyl groups is 1. The van der Waals surface area contributed by atoms with E-state index in [1.54, 1.807) is 11.7 Å². The summed E-state index contributed by atoms with van der Waals surface area (Å²) in [4.78, 5) is 0. The van der Waals surface area contributed by atoms with Crippen LogP contribution in [0.4, 0.5) is 0 Å². The van der Waals surface area contributed by atoms with E-state index < -0.39 is 0 Å². The van der Waals surface area contributed by atoms with Crippen LogP contribution in [-0.2, 0) is 13.5 Å². The minimum Gasteiger partial charge on any atom is -0.395 e. The molecule has 0 radical (unpaired) electrons. The number of rotatable bonds is 4. The van der Waals surface area contributed by atoms with Crippen molar-refractivity contribution in [2.24, 2.45) is 12.8 Å². The molecular formula is C13H17Cl2N3O. The Labute approximate surface area is 123 Å². The molecule has 1 unspecified atom stereocenters. The maximum Gasteiger partial charge on any atom is 0.130 e. The summed E-state index contributed by atoms with van der Waals surface area (Å²) < 4.78 is 1.63. The largest absolute Gasteiger partial charge is 0.395 e. The zero-order valence-electron chi connectivity index (χ0n) is 10.6. The van der Waals surface area contributed by atoms with Gasteiger partial charge in [-0.05, 0) is 6.42 Å². The zero-order valence-corrected chi connectivity index (χ0v) is 12.2. The summed E-state index contributed by atoms with van der Waals surface area (Å²) in [5.74, 6) is 0. The molecule has 1 aromatic carbocycles. The van der Waals surface area contributed by atoms with Crippen molar-refractivity contribution in [1.29, 1.82) is 0 Å². The first-order chi connectivity index (χ1) is 8.63. The van der Waals surface area contributed by atoms with Crippen molar-refractivity contribution in [3.8, 4) is 11.3 Å². The van der Waals surface area contributed by atoms with E-state index in [2.05, 4.69) is 5.10 Å². The molecule has 2 rings (SSSR count). The summed E-state index contributed by atoms with van der Waals surface area (Å²) in [5.41, 5.74) is 8.49. The van der Waals surface area contributed by atoms with Gasteiger partial charge in [0.25, 0.3) is 0 Å². The molecule has 0 saturated heterocycles. The lowest BCUT2D eigenvalue weighted by atomic mass is 10.0. The number of aromatic nitrogens is 2. The van der Waals surface area contributed by atoms with Gasteiger partial charge in [0, 0.05) is 24.2 Å². The molecule has 3 N–H and O–H groups in total. The average molecular weight is 302 g/mol. The lowest BCUT2D eigenvalue weighted by molar-refractivity contribution is 0.265. The molecule has 2 aromatic rings. The number of aryl methyl sites for hydroxylation is 1. The number of benzene rings is 1. The Hall–Kier alpha value is -1.07. The molecule has 1 heterocycles. The first kappa shape index (κ1) is 16.0. The van der Waals surface area contributed by atoms with Gasteiger partial charge in [0.15, 0.2) is 0 Å². The summed E-state index contributed by atoms with van der Waals surface area (Å²) in [5, 5.41) is 14.0. The second kappa shape index (κ2) is 6.91. The van der Waals surface area contributed by atoms with Gasteiger partial charge in [0.2, 0.25) is 0 Å². The van der Waals surface area contributed by atoms with Crippen LogP contribution in [0.25, 0.3) is 11.3 Å². The van der Waals surface area contributed by atoms with Crippen molar-refractivity contribution in [2.75, 3.05) is 6.61 Å². The molecule has 0 amide bonds. The third kappa shape index (κ3) is 3.48. The molecule has 0 bridgehead atoms. The fraction of sp³-hybridized carbons (Fsp3) is 0.308. The van der Waals surface area contributed by atoms with Gasteiger partial charge in [-0.3, -0.25) is 4.68 Å². The molecule has 0 spiro atoms. The summed E-state index contributed by atoms with van der Waals surface area (Å²) in [6, 6.07) is 9.49. The molecule has 0 fully saturated rings. The normalized spacial score (nSPS) is 12.0. The van der Waals surface area contributed by atoms with Crippen molar-refractivity contribution in [3.05, 3.63) is 41.0 Å². The molecule has 0 saturated carbocycles. The molecular weight excluding hydrogens is 285 g/mol. The smallest absolute Gasteiger partial charge is 0.130 e. The molecule has 0 aliphatic carbocycles. The second-order valence-electron chi connectivity index (χ2n) is 4.25. The number of nitrogens with two attached hydrogens (primary N) is 1. The molecule has 0 aliphatic heterocycles. The van der Waals surface area contributed by atoms with E-state index in [1.807, 2.05) is 30.3 Å². The van der Waals surface area contributed by atoms with E-state index in [0.29, 0.717) is 11.6 Å². The Morgan fingerprint density at radius 3 is 2.58 bits per heavy atom. The van der Waals surface area contributed by atoms with Gasteiger partial charge in [0.1, 0.15) is 5.15 Å². The van der Waals surface area contributed by atoms with Gasteiger partial charge in [-0.1, -0.05) is 41.9 Å². The van der Waals surface area contributed by atoms with E-state index in [9.17, 15) is 0 Å². The lowest BCUT2D eigenvalue weighted by Gasteiger charge is -2.08. The predicted octanol–water partition coefficient (Wildman–Crippen LogP) is 2.02. The van der Waals surface area contributed by atoms with Gasteiger partial charge in [0.05, 0.1) is 12.3 Å². The van der Waals surface area contributed by atoms with Gasteiger partial charge >= 0.3 is 0 Å². The average Bonchev–Trinajstić information content (AvgIpc) is 2.68. The summed E-state index contributed by atoms with van der Waals surface area (Å²) >= 11 is 6.23. The van der Waals surface area contributed by atoms with E-state index in [-0.39, 0.29) is 25.1 Å². The molecule has 1 aromatic heterocycles. The highest BCUT2D eigenvalue weighted by Crippen LogP contribution is 2.28. The Morgan fingerprint density at radius 1 is 1.37 bits per heavy atom. The van der Waals surface area contributed by atoms with Crippen molar-refractivity contribution in [2.45, 2.75) is 12.5 Å². The van der Waals surface area contributed by atoms with Gasteiger partial charge in [-0.2, -0.15) is 5.10 Å². The van der Waals surface area contributed by atoms with Crippen LogP contribution < -0.4 is 5.73 Å². The SMILES string of the molecule is Cl.Cn1nc(-c2ccccc2)c(CC(N)CO)c1Cl. The highest BCUT2D eigenvalue weighted by Gasteiger charge is 2.18. The number of halogens is 2. The van der Waals surface area contributed by atoms with E-state index in [4.69, 9.17) is 22.4 Å². The van der Waals surface area contributed by atoms with Gasteiger partial charge in [-0.25, -0.2) is 0 Å². The zero-order chi connectivity index (χ0) is 13.1. The highest BCUT2D eigenvalue weighted by molar-refractivity contribution is 6.30. The standard InChI is InChI=1S/C13H16ClN3O.ClH/c1-17-13(14)11(7-10(15)8-18)12(16-17)9-5-3-2-4-6-9;/h2-6,10,18H,7-8,15H2,1H3;1H. The third-order valence-electron chi connectivity index (χ3n) is 2.82. The minimum absolute atomic E-state index is 0. The fourth-order valence-electron chi connectivity index (χ4n) is 1.88. The summed E-state index contributed by atoms with van der Waals surface area (Å²) in [6.45, 7) is -0.0700. The number of hydrogen-bond donors (Lipinski definition) is 2. The molecule has 1 atom stereocenters.